The molecule has 0 saturated heterocycles. The Hall–Kier alpha value is -2.44. The van der Waals surface area contributed by atoms with Crippen LogP contribution in [0.25, 0.3) is 0 Å². The first-order valence-corrected chi connectivity index (χ1v) is 8.92. The van der Waals surface area contributed by atoms with Gasteiger partial charge in [-0.3, -0.25) is 19.2 Å². The molecule has 0 aliphatic heterocycles. The summed E-state index contributed by atoms with van der Waals surface area (Å²) in [5, 5.41) is 4.92. The third-order valence-corrected chi connectivity index (χ3v) is 3.63. The Bertz CT molecular complexity index is 565. The Morgan fingerprint density at radius 3 is 2.27 bits per heavy atom. The van der Waals surface area contributed by atoms with Crippen molar-refractivity contribution >= 4 is 23.5 Å². The smallest absolute Gasteiger partial charge is 0.287 e. The van der Waals surface area contributed by atoms with Gasteiger partial charge < -0.3 is 15.5 Å². The molecule has 0 fully saturated rings. The molecule has 26 heavy (non-hydrogen) atoms. The van der Waals surface area contributed by atoms with Crippen molar-refractivity contribution in [2.75, 3.05) is 20.6 Å². The van der Waals surface area contributed by atoms with Crippen LogP contribution in [0.5, 0.6) is 0 Å². The van der Waals surface area contributed by atoms with Crippen LogP contribution in [0.4, 0.5) is 0 Å². The highest BCUT2D eigenvalue weighted by molar-refractivity contribution is 6.36. The zero-order valence-electron chi connectivity index (χ0n) is 16.4. The fraction of sp³-hybridized carbons (Fsp3) is 0.579. The van der Waals surface area contributed by atoms with Gasteiger partial charge in [0.25, 0.3) is 5.91 Å². The number of nitrogens with zero attached hydrogens (tertiary/aromatic N) is 1. The third kappa shape index (κ3) is 8.60. The number of carbonyl (C=O) groups is 4. The first kappa shape index (κ1) is 23.6. The molecule has 1 atom stereocenters. The number of amides is 3. The summed E-state index contributed by atoms with van der Waals surface area (Å²) in [7, 11) is 3.21. The highest BCUT2D eigenvalue weighted by Crippen LogP contribution is 2.08. The molecule has 0 aliphatic carbocycles. The molecule has 146 valence electrons. The second kappa shape index (κ2) is 12.9. The highest BCUT2D eigenvalue weighted by Gasteiger charge is 2.25. The Morgan fingerprint density at radius 1 is 1.12 bits per heavy atom. The summed E-state index contributed by atoms with van der Waals surface area (Å²) < 4.78 is 0. The maximum absolute atomic E-state index is 12.4. The predicted molar refractivity (Wildman–Crippen MR) is 101 cm³/mol. The summed E-state index contributed by atoms with van der Waals surface area (Å²) in [5.74, 6) is -2.13. The molecule has 0 saturated carbocycles. The van der Waals surface area contributed by atoms with Gasteiger partial charge in [0.1, 0.15) is 6.04 Å². The van der Waals surface area contributed by atoms with E-state index in [-0.39, 0.29) is 18.9 Å². The zero-order valence-corrected chi connectivity index (χ0v) is 16.4. The number of allylic oxidation sites excluding steroid dienone is 2. The second-order valence-electron chi connectivity index (χ2n) is 6.04. The normalized spacial score (nSPS) is 12.6. The van der Waals surface area contributed by atoms with Crippen LogP contribution in [-0.4, -0.2) is 55.1 Å². The van der Waals surface area contributed by atoms with E-state index in [0.717, 1.165) is 12.8 Å². The number of nitrogens with one attached hydrogen (secondary N) is 2. The van der Waals surface area contributed by atoms with Crippen LogP contribution < -0.4 is 10.6 Å². The Morgan fingerprint density at radius 2 is 1.77 bits per heavy atom. The molecule has 2 N–H and O–H groups in total. The molecule has 3 amide bonds. The molecule has 0 aromatic carbocycles. The summed E-state index contributed by atoms with van der Waals surface area (Å²) >= 11 is 0. The van der Waals surface area contributed by atoms with Gasteiger partial charge in [-0.25, -0.2) is 0 Å². The minimum Gasteiger partial charge on any atom is -0.347 e. The van der Waals surface area contributed by atoms with Gasteiger partial charge in [0.2, 0.25) is 17.6 Å². The SMILES string of the molecule is C/C=C(\C=C/CC)C(NC(=O)CNC(=O)C(=O)CCCC)C(=O)N(C)C. The second-order valence-corrected chi connectivity index (χ2v) is 6.04. The van der Waals surface area contributed by atoms with Gasteiger partial charge in [-0.15, -0.1) is 0 Å². The van der Waals surface area contributed by atoms with Crippen molar-refractivity contribution in [3.05, 3.63) is 23.8 Å². The third-order valence-electron chi connectivity index (χ3n) is 3.63. The maximum atomic E-state index is 12.4. The van der Waals surface area contributed by atoms with E-state index in [1.807, 2.05) is 19.9 Å². The predicted octanol–water partition coefficient (Wildman–Crippen LogP) is 1.35. The van der Waals surface area contributed by atoms with Gasteiger partial charge in [-0.2, -0.15) is 0 Å². The van der Waals surface area contributed by atoms with E-state index in [4.69, 9.17) is 0 Å². The van der Waals surface area contributed by atoms with E-state index in [9.17, 15) is 19.2 Å². The molecule has 0 spiro atoms. The lowest BCUT2D eigenvalue weighted by Crippen LogP contribution is -2.50. The number of hydrogen-bond acceptors (Lipinski definition) is 4. The standard InChI is InChI=1S/C19H31N3O4/c1-6-9-11-14(8-3)17(19(26)22(4)5)21-16(24)13-20-18(25)15(23)12-10-7-2/h8-9,11,17H,6-7,10,12-13H2,1-5H3,(H,20,25)(H,21,24)/b11-9-,14-8+. The number of hydrogen-bond donors (Lipinski definition) is 2. The topological polar surface area (TPSA) is 95.6 Å². The van der Waals surface area contributed by atoms with Crippen LogP contribution in [0.1, 0.15) is 46.5 Å². The van der Waals surface area contributed by atoms with Gasteiger partial charge in [0.05, 0.1) is 6.54 Å². The zero-order chi connectivity index (χ0) is 20.1. The molecule has 0 bridgehead atoms. The fourth-order valence-electron chi connectivity index (χ4n) is 2.08. The van der Waals surface area contributed by atoms with Crippen molar-refractivity contribution in [2.45, 2.75) is 52.5 Å². The van der Waals surface area contributed by atoms with Crippen molar-refractivity contribution in [2.24, 2.45) is 0 Å². The summed E-state index contributed by atoms with van der Waals surface area (Å²) in [4.78, 5) is 49.2. The summed E-state index contributed by atoms with van der Waals surface area (Å²) in [5.41, 5.74) is 0.657. The van der Waals surface area contributed by atoms with Gasteiger partial charge in [0, 0.05) is 20.5 Å². The van der Waals surface area contributed by atoms with Crippen molar-refractivity contribution in [3.8, 4) is 0 Å². The van der Waals surface area contributed by atoms with Crippen molar-refractivity contribution in [1.29, 1.82) is 0 Å². The monoisotopic (exact) mass is 365 g/mol. The van der Waals surface area contributed by atoms with E-state index in [1.54, 1.807) is 33.2 Å². The lowest BCUT2D eigenvalue weighted by atomic mass is 10.0. The highest BCUT2D eigenvalue weighted by atomic mass is 16.2. The number of rotatable bonds is 11. The van der Waals surface area contributed by atoms with E-state index in [0.29, 0.717) is 12.0 Å². The minimum atomic E-state index is -0.849. The van der Waals surface area contributed by atoms with Crippen LogP contribution >= 0.6 is 0 Å². The average molecular weight is 365 g/mol. The quantitative estimate of drug-likeness (QED) is 0.427. The summed E-state index contributed by atoms with van der Waals surface area (Å²) in [6.07, 6.45) is 7.84. The Kier molecular flexibility index (Phi) is 11.6. The number of likely N-dealkylation sites (N-methyl/N-ethyl adjacent to an activating group) is 1. The number of unbranched alkanes of at least 4 members (excludes halogenated alkanes) is 1. The largest absolute Gasteiger partial charge is 0.347 e. The van der Waals surface area contributed by atoms with Crippen molar-refractivity contribution in [1.82, 2.24) is 15.5 Å². The van der Waals surface area contributed by atoms with Crippen LogP contribution in [0.15, 0.2) is 23.8 Å². The Labute approximate surface area is 155 Å². The number of ketones is 1. The van der Waals surface area contributed by atoms with Crippen LogP contribution in [-0.2, 0) is 19.2 Å². The van der Waals surface area contributed by atoms with Crippen LogP contribution in [0.3, 0.4) is 0 Å². The summed E-state index contributed by atoms with van der Waals surface area (Å²) in [6, 6.07) is -0.849. The van der Waals surface area contributed by atoms with E-state index >= 15 is 0 Å². The molecular formula is C19H31N3O4. The molecule has 0 rings (SSSR count). The summed E-state index contributed by atoms with van der Waals surface area (Å²) in [6.45, 7) is 5.32. The number of carbonyl (C=O) groups excluding carboxylic acids is 4. The van der Waals surface area contributed by atoms with Gasteiger partial charge in [-0.1, -0.05) is 38.5 Å². The molecule has 0 aromatic rings. The van der Waals surface area contributed by atoms with E-state index in [2.05, 4.69) is 10.6 Å². The van der Waals surface area contributed by atoms with Gasteiger partial charge >= 0.3 is 0 Å². The molecule has 1 unspecified atom stereocenters. The molecule has 0 aliphatic rings. The van der Waals surface area contributed by atoms with Crippen molar-refractivity contribution in [3.63, 3.8) is 0 Å². The molecule has 7 heteroatoms. The van der Waals surface area contributed by atoms with Crippen LogP contribution in [0.2, 0.25) is 0 Å². The molecule has 0 radical (unpaired) electrons. The van der Waals surface area contributed by atoms with E-state index in [1.165, 1.54) is 4.90 Å². The van der Waals surface area contributed by atoms with Gasteiger partial charge in [0.15, 0.2) is 0 Å². The van der Waals surface area contributed by atoms with Crippen molar-refractivity contribution < 1.29 is 19.2 Å². The first-order valence-electron chi connectivity index (χ1n) is 8.92. The molecular weight excluding hydrogens is 334 g/mol. The molecule has 0 aromatic heterocycles. The molecule has 0 heterocycles. The average Bonchev–Trinajstić information content (AvgIpc) is 2.62. The lowest BCUT2D eigenvalue weighted by molar-refractivity contribution is -0.138. The molecule has 7 nitrogen and oxygen atoms in total. The van der Waals surface area contributed by atoms with Crippen LogP contribution in [0, 0.1) is 0 Å². The Balaban J connectivity index is 4.93. The lowest BCUT2D eigenvalue weighted by Gasteiger charge is -2.23. The number of Topliss-reactive ketones (excluding diaryl/α,β-unsaturated/α-hetero) is 1. The fourth-order valence-corrected chi connectivity index (χ4v) is 2.08. The van der Waals surface area contributed by atoms with E-state index < -0.39 is 23.6 Å². The first-order chi connectivity index (χ1) is 12.3. The van der Waals surface area contributed by atoms with Gasteiger partial charge in [-0.05, 0) is 25.3 Å². The maximum Gasteiger partial charge on any atom is 0.287 e. The minimum absolute atomic E-state index is 0.163.